The summed E-state index contributed by atoms with van der Waals surface area (Å²) < 4.78 is 44.3. The zero-order valence-electron chi connectivity index (χ0n) is 12.4. The molecule has 1 amide bonds. The molecule has 2 aromatic rings. The van der Waals surface area contributed by atoms with E-state index in [2.05, 4.69) is 10.0 Å². The third kappa shape index (κ3) is 4.06. The molecule has 6 nitrogen and oxygen atoms in total. The van der Waals surface area contributed by atoms with Crippen molar-refractivity contribution in [3.05, 3.63) is 46.6 Å². The molecule has 1 aromatic heterocycles. The Hall–Kier alpha value is -1.97. The number of hydrogen-bond acceptors (Lipinski definition) is 5. The molecule has 0 radical (unpaired) electrons. The lowest BCUT2D eigenvalue weighted by atomic mass is 10.2. The molecule has 0 aliphatic heterocycles. The molecule has 9 heteroatoms. The molecule has 0 bridgehead atoms. The third-order valence-electron chi connectivity index (χ3n) is 3.01. The maximum absolute atomic E-state index is 13.8. The van der Waals surface area contributed by atoms with Gasteiger partial charge in [0.1, 0.15) is 15.8 Å². The second-order valence-corrected chi connectivity index (χ2v) is 7.74. The minimum Gasteiger partial charge on any atom is -0.497 e. The highest BCUT2D eigenvalue weighted by Gasteiger charge is 2.16. The van der Waals surface area contributed by atoms with Crippen LogP contribution in [0.2, 0.25) is 0 Å². The monoisotopic (exact) mass is 358 g/mol. The molecular formula is C14H15FN2O4S2. The summed E-state index contributed by atoms with van der Waals surface area (Å²) in [7, 11) is -0.773. The Bertz CT molecular complexity index is 818. The minimum absolute atomic E-state index is 0.105. The van der Waals surface area contributed by atoms with Crippen LogP contribution in [-0.4, -0.2) is 28.5 Å². The van der Waals surface area contributed by atoms with Crippen molar-refractivity contribution in [1.82, 2.24) is 10.0 Å². The Kier molecular flexibility index (Phi) is 5.34. The first-order valence-electron chi connectivity index (χ1n) is 6.51. The topological polar surface area (TPSA) is 84.5 Å². The molecule has 0 unspecified atom stereocenters. The second kappa shape index (κ2) is 7.07. The molecule has 2 rings (SSSR count). The van der Waals surface area contributed by atoms with E-state index in [0.29, 0.717) is 10.6 Å². The van der Waals surface area contributed by atoms with Crippen LogP contribution in [0.1, 0.15) is 15.2 Å². The summed E-state index contributed by atoms with van der Waals surface area (Å²) in [6, 6.07) is 6.98. The lowest BCUT2D eigenvalue weighted by Crippen LogP contribution is -2.23. The summed E-state index contributed by atoms with van der Waals surface area (Å²) in [5.74, 6) is -0.956. The lowest BCUT2D eigenvalue weighted by Gasteiger charge is -2.06. The Morgan fingerprint density at radius 2 is 2.04 bits per heavy atom. The molecule has 23 heavy (non-hydrogen) atoms. The van der Waals surface area contributed by atoms with E-state index in [1.807, 2.05) is 0 Å². The van der Waals surface area contributed by atoms with Gasteiger partial charge >= 0.3 is 0 Å². The highest BCUT2D eigenvalue weighted by molar-refractivity contribution is 7.91. The number of nitrogens with one attached hydrogen (secondary N) is 2. The SMILES string of the molecule is CNS(=O)(=O)c1ccc(CNC(=O)c2ccc(OC)cc2F)s1. The van der Waals surface area contributed by atoms with Gasteiger partial charge in [0.15, 0.2) is 0 Å². The zero-order valence-corrected chi connectivity index (χ0v) is 14.1. The molecule has 2 N–H and O–H groups in total. The van der Waals surface area contributed by atoms with E-state index in [0.717, 1.165) is 17.4 Å². The number of benzene rings is 1. The largest absolute Gasteiger partial charge is 0.497 e. The van der Waals surface area contributed by atoms with Crippen molar-refractivity contribution in [3.8, 4) is 5.75 Å². The van der Waals surface area contributed by atoms with Gasteiger partial charge in [-0.05, 0) is 31.3 Å². The van der Waals surface area contributed by atoms with E-state index < -0.39 is 21.7 Å². The Morgan fingerprint density at radius 1 is 1.30 bits per heavy atom. The Morgan fingerprint density at radius 3 is 2.65 bits per heavy atom. The van der Waals surface area contributed by atoms with Crippen molar-refractivity contribution in [3.63, 3.8) is 0 Å². The van der Waals surface area contributed by atoms with E-state index >= 15 is 0 Å². The van der Waals surface area contributed by atoms with Crippen molar-refractivity contribution in [2.45, 2.75) is 10.8 Å². The second-order valence-electron chi connectivity index (χ2n) is 4.46. The van der Waals surface area contributed by atoms with Crippen LogP contribution in [0.3, 0.4) is 0 Å². The number of sulfonamides is 1. The first kappa shape index (κ1) is 17.4. The number of methoxy groups -OCH3 is 1. The van der Waals surface area contributed by atoms with Crippen LogP contribution in [-0.2, 0) is 16.6 Å². The molecular weight excluding hydrogens is 343 g/mol. The van der Waals surface area contributed by atoms with Crippen molar-refractivity contribution < 1.29 is 22.3 Å². The Balaban J connectivity index is 2.05. The molecule has 1 aromatic carbocycles. The summed E-state index contributed by atoms with van der Waals surface area (Å²) in [5.41, 5.74) is -0.106. The fourth-order valence-electron chi connectivity index (χ4n) is 1.77. The van der Waals surface area contributed by atoms with Crippen molar-refractivity contribution in [2.24, 2.45) is 0 Å². The number of carbonyl (C=O) groups excluding carboxylic acids is 1. The number of amides is 1. The van der Waals surface area contributed by atoms with Crippen LogP contribution in [0.15, 0.2) is 34.5 Å². The predicted octanol–water partition coefficient (Wildman–Crippen LogP) is 1.73. The number of hydrogen-bond donors (Lipinski definition) is 2. The lowest BCUT2D eigenvalue weighted by molar-refractivity contribution is 0.0947. The van der Waals surface area contributed by atoms with Crippen molar-refractivity contribution in [2.75, 3.05) is 14.2 Å². The molecule has 0 fully saturated rings. The summed E-state index contributed by atoms with van der Waals surface area (Å²) >= 11 is 1.03. The van der Waals surface area contributed by atoms with Crippen LogP contribution in [0.5, 0.6) is 5.75 Å². The van der Waals surface area contributed by atoms with E-state index in [1.165, 1.54) is 32.4 Å². The van der Waals surface area contributed by atoms with E-state index in [1.54, 1.807) is 6.07 Å². The van der Waals surface area contributed by atoms with Gasteiger partial charge in [0, 0.05) is 10.9 Å². The van der Waals surface area contributed by atoms with Gasteiger partial charge in [-0.25, -0.2) is 17.5 Å². The quantitative estimate of drug-likeness (QED) is 0.824. The molecule has 0 saturated carbocycles. The smallest absolute Gasteiger partial charge is 0.254 e. The summed E-state index contributed by atoms with van der Waals surface area (Å²) in [6.45, 7) is 0.105. The average molecular weight is 358 g/mol. The molecule has 0 aliphatic rings. The van der Waals surface area contributed by atoms with E-state index in [4.69, 9.17) is 4.74 Å². The van der Waals surface area contributed by atoms with Gasteiger partial charge in [-0.3, -0.25) is 4.79 Å². The highest BCUT2D eigenvalue weighted by Crippen LogP contribution is 2.21. The first-order chi connectivity index (χ1) is 10.9. The van der Waals surface area contributed by atoms with E-state index in [-0.39, 0.29) is 16.3 Å². The van der Waals surface area contributed by atoms with Gasteiger partial charge in [0.25, 0.3) is 5.91 Å². The predicted molar refractivity (Wildman–Crippen MR) is 84.7 cm³/mol. The average Bonchev–Trinajstić information content (AvgIpc) is 3.02. The fourth-order valence-corrected chi connectivity index (χ4v) is 3.90. The third-order valence-corrected chi connectivity index (χ3v) is 6.01. The first-order valence-corrected chi connectivity index (χ1v) is 8.81. The van der Waals surface area contributed by atoms with E-state index in [9.17, 15) is 17.6 Å². The Labute approximate surface area is 137 Å². The van der Waals surface area contributed by atoms with Crippen LogP contribution >= 0.6 is 11.3 Å². The van der Waals surface area contributed by atoms with Gasteiger partial charge < -0.3 is 10.1 Å². The number of carbonyl (C=O) groups is 1. The molecule has 0 saturated heterocycles. The standard InChI is InChI=1S/C14H15FN2O4S2/c1-16-23(19,20)13-6-4-10(22-13)8-17-14(18)11-5-3-9(21-2)7-12(11)15/h3-7,16H,8H2,1-2H3,(H,17,18). The summed E-state index contributed by atoms with van der Waals surface area (Å²) in [5, 5.41) is 2.55. The van der Waals surface area contributed by atoms with Crippen molar-refractivity contribution >= 4 is 27.3 Å². The minimum atomic E-state index is -3.50. The molecule has 1 heterocycles. The summed E-state index contributed by atoms with van der Waals surface area (Å²) in [6.07, 6.45) is 0. The van der Waals surface area contributed by atoms with Gasteiger partial charge in [0.05, 0.1) is 19.2 Å². The van der Waals surface area contributed by atoms with Gasteiger partial charge in [0.2, 0.25) is 10.0 Å². The molecule has 0 spiro atoms. The molecule has 0 aliphatic carbocycles. The van der Waals surface area contributed by atoms with Gasteiger partial charge in [-0.15, -0.1) is 11.3 Å². The molecule has 0 atom stereocenters. The normalized spacial score (nSPS) is 11.3. The van der Waals surface area contributed by atoms with Gasteiger partial charge in [-0.1, -0.05) is 0 Å². The number of ether oxygens (including phenoxy) is 1. The maximum atomic E-state index is 13.8. The molecule has 124 valence electrons. The summed E-state index contributed by atoms with van der Waals surface area (Å²) in [4.78, 5) is 12.6. The van der Waals surface area contributed by atoms with Crippen LogP contribution in [0.25, 0.3) is 0 Å². The highest BCUT2D eigenvalue weighted by atomic mass is 32.2. The fraction of sp³-hybridized carbons (Fsp3) is 0.214. The zero-order chi connectivity index (χ0) is 17.0. The van der Waals surface area contributed by atoms with Crippen LogP contribution < -0.4 is 14.8 Å². The number of thiophene rings is 1. The maximum Gasteiger partial charge on any atom is 0.254 e. The number of rotatable bonds is 6. The number of halogens is 1. The van der Waals surface area contributed by atoms with Crippen molar-refractivity contribution in [1.29, 1.82) is 0 Å². The van der Waals surface area contributed by atoms with Crippen LogP contribution in [0, 0.1) is 5.82 Å². The van der Waals surface area contributed by atoms with Crippen LogP contribution in [0.4, 0.5) is 4.39 Å². The van der Waals surface area contributed by atoms with Gasteiger partial charge in [-0.2, -0.15) is 0 Å².